The Morgan fingerprint density at radius 1 is 1.27 bits per heavy atom. The van der Waals surface area contributed by atoms with Gasteiger partial charge in [0.25, 0.3) is 0 Å². The summed E-state index contributed by atoms with van der Waals surface area (Å²) in [5, 5.41) is 0. The summed E-state index contributed by atoms with van der Waals surface area (Å²) in [7, 11) is 0. The minimum absolute atomic E-state index is 0.766. The first-order chi connectivity index (χ1) is 4.74. The van der Waals surface area contributed by atoms with Crippen molar-refractivity contribution < 1.29 is 14.3 Å². The maximum atomic E-state index is 8.81. The van der Waals surface area contributed by atoms with Gasteiger partial charge in [0, 0.05) is 0 Å². The average Bonchev–Trinajstić information content (AvgIpc) is 1.79. The van der Waals surface area contributed by atoms with Gasteiger partial charge in [0.2, 0.25) is 0 Å². The molecule has 0 heterocycles. The fourth-order valence-electron chi connectivity index (χ4n) is 0.383. The molecule has 0 saturated carbocycles. The Balaban J connectivity index is 4.23. The van der Waals surface area contributed by atoms with E-state index in [2.05, 4.69) is 17.7 Å². The van der Waals surface area contributed by atoms with E-state index in [9.17, 15) is 0 Å². The number of hydrogen-bond donors (Lipinski definition) is 2. The molecule has 0 aliphatic rings. The zero-order valence-corrected chi connectivity index (χ0v) is 8.06. The Hall–Kier alpha value is 0.370. The van der Waals surface area contributed by atoms with Crippen LogP contribution in [0.15, 0.2) is 25.3 Å². The van der Waals surface area contributed by atoms with Crippen LogP contribution in [0.2, 0.25) is 0 Å². The summed E-state index contributed by atoms with van der Waals surface area (Å²) in [5.41, 5.74) is 0. The predicted octanol–water partition coefficient (Wildman–Crippen LogP) is 2.33. The van der Waals surface area contributed by atoms with Crippen molar-refractivity contribution in [1.82, 2.24) is 0 Å². The summed E-state index contributed by atoms with van der Waals surface area (Å²) in [6.07, 6.45) is 1.80. The second kappa shape index (κ2) is 3.40. The van der Waals surface area contributed by atoms with Crippen LogP contribution in [0, 0.1) is 0 Å². The molecule has 0 bridgehead atoms. The molecule has 3 nitrogen and oxygen atoms in total. The third-order valence-corrected chi connectivity index (χ3v) is 1.83. The number of hydrogen-bond acceptors (Lipinski definition) is 3. The molecule has 0 saturated heterocycles. The van der Waals surface area contributed by atoms with Gasteiger partial charge in [-0.3, -0.25) is 0 Å². The van der Waals surface area contributed by atoms with E-state index in [-0.39, 0.29) is 0 Å². The van der Waals surface area contributed by atoms with Crippen molar-refractivity contribution in [2.45, 2.75) is 6.10 Å². The zero-order chi connectivity index (χ0) is 9.15. The Labute approximate surface area is 74.6 Å². The summed E-state index contributed by atoms with van der Waals surface area (Å²) in [4.78, 5) is 17.6. The van der Waals surface area contributed by atoms with Crippen molar-refractivity contribution in [3.63, 3.8) is 0 Å². The molecule has 0 spiro atoms. The average molecular weight is 219 g/mol. The van der Waals surface area contributed by atoms with E-state index < -0.39 is 12.1 Å². The maximum absolute atomic E-state index is 8.81. The third-order valence-electron chi connectivity index (χ3n) is 0.760. The molecule has 0 aliphatic carbocycles. The van der Waals surface area contributed by atoms with Crippen molar-refractivity contribution in [3.05, 3.63) is 25.3 Å². The molecule has 0 atom stereocenters. The zero-order valence-electron chi connectivity index (χ0n) is 5.65. The molecule has 0 aromatic carbocycles. The molecule has 0 rings (SSSR count). The summed E-state index contributed by atoms with van der Waals surface area (Å²) in [6.45, 7) is 6.66. The third kappa shape index (κ3) is 6.76. The van der Waals surface area contributed by atoms with E-state index in [0.717, 1.165) is 0 Å². The molecule has 0 aromatic heterocycles. The molecular weight excluding hydrogens is 210 g/mol. The van der Waals surface area contributed by atoms with E-state index in [0.29, 0.717) is 0 Å². The van der Waals surface area contributed by atoms with E-state index in [1.807, 2.05) is 0 Å². The molecule has 0 aliphatic heterocycles. The first kappa shape index (κ1) is 11.4. The van der Waals surface area contributed by atoms with Gasteiger partial charge in [0.05, 0.1) is 0 Å². The SMILES string of the molecule is C=CC(C=C)OP(O)(O)(Cl)Cl. The standard InChI is InChI=1S/C5H9Cl2O3P/c1-3-5(4-2)10-11(6,7,8)9/h3-5,8-9H,1-2H2. The molecule has 11 heavy (non-hydrogen) atoms. The Morgan fingerprint density at radius 2 is 1.64 bits per heavy atom. The van der Waals surface area contributed by atoms with Crippen molar-refractivity contribution in [2.24, 2.45) is 0 Å². The number of rotatable bonds is 4. The van der Waals surface area contributed by atoms with Crippen molar-refractivity contribution in [3.8, 4) is 0 Å². The van der Waals surface area contributed by atoms with E-state index >= 15 is 0 Å². The van der Waals surface area contributed by atoms with Gasteiger partial charge in [-0.1, -0.05) is 0 Å². The molecule has 0 radical (unpaired) electrons. The van der Waals surface area contributed by atoms with Gasteiger partial charge in [-0.25, -0.2) is 0 Å². The van der Waals surface area contributed by atoms with Crippen LogP contribution >= 0.6 is 28.5 Å². The van der Waals surface area contributed by atoms with Crippen LogP contribution in [0.1, 0.15) is 0 Å². The molecule has 0 aromatic rings. The molecule has 0 unspecified atom stereocenters. The second-order valence-corrected chi connectivity index (χ2v) is 7.70. The molecule has 0 fully saturated rings. The Kier molecular flexibility index (Phi) is 3.51. The van der Waals surface area contributed by atoms with Gasteiger partial charge in [-0.2, -0.15) is 0 Å². The first-order valence-corrected chi connectivity index (χ1v) is 6.51. The fraction of sp³-hybridized carbons (Fsp3) is 0.200. The van der Waals surface area contributed by atoms with Crippen LogP contribution < -0.4 is 0 Å². The van der Waals surface area contributed by atoms with Gasteiger partial charge in [0.15, 0.2) is 0 Å². The molecular formula is C5H9Cl2O3P. The van der Waals surface area contributed by atoms with Gasteiger partial charge in [0.1, 0.15) is 0 Å². The van der Waals surface area contributed by atoms with E-state index in [4.69, 9.17) is 32.3 Å². The van der Waals surface area contributed by atoms with Gasteiger partial charge >= 0.3 is 74.2 Å². The first-order valence-electron chi connectivity index (χ1n) is 2.64. The van der Waals surface area contributed by atoms with Crippen molar-refractivity contribution in [2.75, 3.05) is 0 Å². The van der Waals surface area contributed by atoms with Gasteiger partial charge < -0.3 is 0 Å². The van der Waals surface area contributed by atoms with E-state index in [1.54, 1.807) is 0 Å². The van der Waals surface area contributed by atoms with Crippen LogP contribution in [0.5, 0.6) is 0 Å². The van der Waals surface area contributed by atoms with Crippen LogP contribution in [0.4, 0.5) is 0 Å². The van der Waals surface area contributed by atoms with Crippen molar-refractivity contribution >= 4 is 28.5 Å². The van der Waals surface area contributed by atoms with Gasteiger partial charge in [-0.05, 0) is 0 Å². The Morgan fingerprint density at radius 3 is 1.73 bits per heavy atom. The van der Waals surface area contributed by atoms with Crippen LogP contribution in [-0.2, 0) is 4.52 Å². The predicted molar refractivity (Wildman–Crippen MR) is 48.3 cm³/mol. The summed E-state index contributed by atoms with van der Waals surface area (Å²) in [6, 6.07) is 0. The quantitative estimate of drug-likeness (QED) is 0.563. The molecule has 6 heteroatoms. The van der Waals surface area contributed by atoms with Crippen molar-refractivity contribution in [1.29, 1.82) is 0 Å². The number of halogens is 2. The fourth-order valence-corrected chi connectivity index (χ4v) is 1.51. The van der Waals surface area contributed by atoms with Crippen LogP contribution in [0.3, 0.4) is 0 Å². The second-order valence-electron chi connectivity index (χ2n) is 1.80. The Bertz CT molecular complexity index is 157. The van der Waals surface area contributed by atoms with Crippen LogP contribution in [-0.4, -0.2) is 15.9 Å². The normalized spacial score (nSPS) is 15.5. The van der Waals surface area contributed by atoms with Gasteiger partial charge in [-0.15, -0.1) is 0 Å². The molecule has 2 N–H and O–H groups in total. The summed E-state index contributed by atoms with van der Waals surface area (Å²) >= 11 is 10.1. The minimum atomic E-state index is -4.91. The van der Waals surface area contributed by atoms with Crippen LogP contribution in [0.25, 0.3) is 0 Å². The van der Waals surface area contributed by atoms with E-state index in [1.165, 1.54) is 12.2 Å². The molecule has 0 amide bonds. The summed E-state index contributed by atoms with van der Waals surface area (Å²) in [5.74, 6) is -4.91. The topological polar surface area (TPSA) is 49.7 Å². The monoisotopic (exact) mass is 218 g/mol. The molecule has 66 valence electrons. The summed E-state index contributed by atoms with van der Waals surface area (Å²) < 4.78 is 4.46.